The van der Waals surface area contributed by atoms with Crippen molar-refractivity contribution in [3.8, 4) is 11.5 Å². The van der Waals surface area contributed by atoms with Gasteiger partial charge in [0.15, 0.2) is 6.61 Å². The van der Waals surface area contributed by atoms with Crippen molar-refractivity contribution in [2.75, 3.05) is 38.0 Å². The first kappa shape index (κ1) is 22.0. The monoisotopic (exact) mass is 446 g/mol. The van der Waals surface area contributed by atoms with Crippen LogP contribution in [-0.2, 0) is 4.79 Å². The van der Waals surface area contributed by atoms with Gasteiger partial charge in [-0.15, -0.1) is 0 Å². The van der Waals surface area contributed by atoms with Crippen LogP contribution in [0.15, 0.2) is 72.8 Å². The summed E-state index contributed by atoms with van der Waals surface area (Å²) in [4.78, 5) is 28.0. The zero-order valence-corrected chi connectivity index (χ0v) is 18.7. The number of nitrogens with zero attached hydrogens (tertiary/aromatic N) is 2. The molecule has 1 aliphatic rings. The van der Waals surface area contributed by atoms with Crippen LogP contribution in [0.2, 0.25) is 0 Å². The van der Waals surface area contributed by atoms with Crippen molar-refractivity contribution in [2.24, 2.45) is 0 Å². The van der Waals surface area contributed by atoms with E-state index in [4.69, 9.17) is 9.47 Å². The van der Waals surface area contributed by atoms with Crippen molar-refractivity contribution in [3.63, 3.8) is 0 Å². The predicted octanol–water partition coefficient (Wildman–Crippen LogP) is 3.44. The number of rotatable bonds is 7. The fraction of sp³-hybridized carbons (Fsp3) is 0.200. The van der Waals surface area contributed by atoms with Crippen molar-refractivity contribution < 1.29 is 19.1 Å². The molecule has 0 bridgehead atoms. The van der Waals surface area contributed by atoms with Gasteiger partial charge in [-0.3, -0.25) is 15.0 Å². The Balaban J connectivity index is 1.53. The summed E-state index contributed by atoms with van der Waals surface area (Å²) in [5, 5.41) is 4.67. The molecule has 2 N–H and O–H groups in total. The highest BCUT2D eigenvalue weighted by atomic mass is 16.5. The molecule has 1 atom stereocenters. The summed E-state index contributed by atoms with van der Waals surface area (Å²) in [6.45, 7) is -0.246. The van der Waals surface area contributed by atoms with Crippen LogP contribution in [0.4, 0.5) is 11.4 Å². The van der Waals surface area contributed by atoms with Crippen LogP contribution in [0.1, 0.15) is 22.1 Å². The molecular formula is C25H26N4O4. The van der Waals surface area contributed by atoms with Crippen molar-refractivity contribution in [1.29, 1.82) is 0 Å². The summed E-state index contributed by atoms with van der Waals surface area (Å²) in [6.07, 6.45) is -0.575. The minimum absolute atomic E-state index is 0.246. The smallest absolute Gasteiger partial charge is 0.276 e. The van der Waals surface area contributed by atoms with Gasteiger partial charge in [0, 0.05) is 25.5 Å². The first-order valence-electron chi connectivity index (χ1n) is 10.5. The van der Waals surface area contributed by atoms with Gasteiger partial charge >= 0.3 is 0 Å². The lowest BCUT2D eigenvalue weighted by atomic mass is 10.0. The molecule has 0 spiro atoms. The number of anilines is 2. The molecule has 8 heteroatoms. The van der Waals surface area contributed by atoms with Gasteiger partial charge in [-0.1, -0.05) is 24.3 Å². The second-order valence-electron chi connectivity index (χ2n) is 7.75. The van der Waals surface area contributed by atoms with E-state index < -0.39 is 12.1 Å². The lowest BCUT2D eigenvalue weighted by Crippen LogP contribution is -2.53. The van der Waals surface area contributed by atoms with Gasteiger partial charge in [-0.05, 0) is 54.1 Å². The number of carbonyl (C=O) groups excluding carboxylic acids is 2. The maximum atomic E-state index is 13.3. The average molecular weight is 447 g/mol. The van der Waals surface area contributed by atoms with Crippen LogP contribution in [-0.4, -0.2) is 44.6 Å². The lowest BCUT2D eigenvalue weighted by Gasteiger charge is -2.37. The third kappa shape index (κ3) is 4.85. The van der Waals surface area contributed by atoms with Crippen LogP contribution < -0.4 is 25.1 Å². The van der Waals surface area contributed by atoms with E-state index in [2.05, 4.69) is 10.7 Å². The number of carbonyl (C=O) groups is 2. The molecular weight excluding hydrogens is 420 g/mol. The summed E-state index contributed by atoms with van der Waals surface area (Å²) in [7, 11) is 5.50. The fourth-order valence-corrected chi connectivity index (χ4v) is 3.54. The molecule has 3 aromatic carbocycles. The first-order valence-corrected chi connectivity index (χ1v) is 10.5. The number of nitrogens with one attached hydrogen (secondary N) is 2. The Hall–Kier alpha value is -4.20. The van der Waals surface area contributed by atoms with Gasteiger partial charge < -0.3 is 19.7 Å². The standard InChI is InChI=1S/C25H26N4O4/c1-28(2)18-10-8-17(9-11-18)24-26-22-7-5-4-6-21(22)25(31)29(24)27-23(30)16-33-20-14-12-19(32-3)13-15-20/h4-15,24,26H,16H2,1-3H3,(H,27,30). The van der Waals surface area contributed by atoms with Gasteiger partial charge in [-0.2, -0.15) is 0 Å². The van der Waals surface area contributed by atoms with Crippen LogP contribution in [0.3, 0.4) is 0 Å². The van der Waals surface area contributed by atoms with Gasteiger partial charge in [0.1, 0.15) is 17.7 Å². The normalized spacial score (nSPS) is 14.7. The molecule has 1 aliphatic heterocycles. The topological polar surface area (TPSA) is 83.1 Å². The third-order valence-electron chi connectivity index (χ3n) is 5.33. The fourth-order valence-electron chi connectivity index (χ4n) is 3.54. The number of hydrazine groups is 1. The van der Waals surface area contributed by atoms with Gasteiger partial charge in [0.2, 0.25) is 0 Å². The molecule has 0 fully saturated rings. The maximum Gasteiger partial charge on any atom is 0.276 e. The summed E-state index contributed by atoms with van der Waals surface area (Å²) in [5.74, 6) is 0.466. The maximum absolute atomic E-state index is 13.3. The molecule has 170 valence electrons. The number of ether oxygens (including phenoxy) is 2. The molecule has 1 unspecified atom stereocenters. The molecule has 0 saturated heterocycles. The highest BCUT2D eigenvalue weighted by Gasteiger charge is 2.34. The molecule has 1 heterocycles. The van der Waals surface area contributed by atoms with E-state index in [1.54, 1.807) is 43.5 Å². The second-order valence-corrected chi connectivity index (χ2v) is 7.75. The molecule has 33 heavy (non-hydrogen) atoms. The Morgan fingerprint density at radius 1 is 1.00 bits per heavy atom. The van der Waals surface area contributed by atoms with E-state index in [0.29, 0.717) is 22.7 Å². The minimum atomic E-state index is -0.575. The highest BCUT2D eigenvalue weighted by molar-refractivity contribution is 6.02. The number of benzene rings is 3. The zero-order valence-electron chi connectivity index (χ0n) is 18.7. The van der Waals surface area contributed by atoms with E-state index in [1.807, 2.05) is 55.4 Å². The Labute approximate surface area is 192 Å². The highest BCUT2D eigenvalue weighted by Crippen LogP contribution is 2.32. The predicted molar refractivity (Wildman–Crippen MR) is 126 cm³/mol. The van der Waals surface area contributed by atoms with E-state index in [0.717, 1.165) is 11.3 Å². The van der Waals surface area contributed by atoms with E-state index in [1.165, 1.54) is 5.01 Å². The molecule has 3 aromatic rings. The van der Waals surface area contributed by atoms with Gasteiger partial charge in [0.05, 0.1) is 12.7 Å². The lowest BCUT2D eigenvalue weighted by molar-refractivity contribution is -0.127. The number of para-hydroxylation sites is 1. The van der Waals surface area contributed by atoms with Crippen molar-refractivity contribution in [3.05, 3.63) is 83.9 Å². The third-order valence-corrected chi connectivity index (χ3v) is 5.33. The molecule has 4 rings (SSSR count). The van der Waals surface area contributed by atoms with Crippen molar-refractivity contribution >= 4 is 23.2 Å². The number of amides is 2. The molecule has 0 saturated carbocycles. The summed E-state index contributed by atoms with van der Waals surface area (Å²) in [5.41, 5.74) is 5.77. The van der Waals surface area contributed by atoms with Crippen molar-refractivity contribution in [1.82, 2.24) is 10.4 Å². The first-order chi connectivity index (χ1) is 16.0. The van der Waals surface area contributed by atoms with Crippen LogP contribution in [0.5, 0.6) is 11.5 Å². The molecule has 2 amide bonds. The summed E-state index contributed by atoms with van der Waals surface area (Å²) >= 11 is 0. The van der Waals surface area contributed by atoms with Gasteiger partial charge in [0.25, 0.3) is 11.8 Å². The molecule has 0 aliphatic carbocycles. The van der Waals surface area contributed by atoms with Crippen molar-refractivity contribution in [2.45, 2.75) is 6.17 Å². The average Bonchev–Trinajstić information content (AvgIpc) is 2.84. The van der Waals surface area contributed by atoms with Gasteiger partial charge in [-0.25, -0.2) is 5.01 Å². The minimum Gasteiger partial charge on any atom is -0.497 e. The molecule has 0 radical (unpaired) electrons. The molecule has 8 nitrogen and oxygen atoms in total. The number of methoxy groups -OCH3 is 1. The summed E-state index contributed by atoms with van der Waals surface area (Å²) < 4.78 is 10.7. The van der Waals surface area contributed by atoms with E-state index in [-0.39, 0.29) is 12.5 Å². The van der Waals surface area contributed by atoms with E-state index >= 15 is 0 Å². The van der Waals surface area contributed by atoms with Crippen LogP contribution >= 0.6 is 0 Å². The van der Waals surface area contributed by atoms with Crippen LogP contribution in [0, 0.1) is 0 Å². The summed E-state index contributed by atoms with van der Waals surface area (Å²) in [6, 6.07) is 21.9. The Morgan fingerprint density at radius 3 is 2.33 bits per heavy atom. The number of hydrogen-bond acceptors (Lipinski definition) is 6. The SMILES string of the molecule is COc1ccc(OCC(=O)NN2C(=O)c3ccccc3NC2c2ccc(N(C)C)cc2)cc1. The van der Waals surface area contributed by atoms with E-state index in [9.17, 15) is 9.59 Å². The quantitative estimate of drug-likeness (QED) is 0.579. The largest absolute Gasteiger partial charge is 0.497 e. The number of fused-ring (bicyclic) bond motifs is 1. The Bertz CT molecular complexity index is 1130. The molecule has 0 aromatic heterocycles. The second kappa shape index (κ2) is 9.52. The zero-order chi connectivity index (χ0) is 23.4. The number of hydrogen-bond donors (Lipinski definition) is 2. The Kier molecular flexibility index (Phi) is 6.35. The van der Waals surface area contributed by atoms with Crippen LogP contribution in [0.25, 0.3) is 0 Å². The Morgan fingerprint density at radius 2 is 1.67 bits per heavy atom.